The number of methoxy groups -OCH3 is 1. The molecule has 0 aromatic heterocycles. The fourth-order valence-electron chi connectivity index (χ4n) is 1.32. The van der Waals surface area contributed by atoms with E-state index in [9.17, 15) is 19.5 Å². The van der Waals surface area contributed by atoms with Crippen molar-refractivity contribution >= 4 is 17.8 Å². The van der Waals surface area contributed by atoms with Crippen LogP contribution in [0, 0.1) is 11.3 Å². The number of likely N-dealkylation sites (N-methyl/N-ethyl adjacent to an activating group) is 1. The summed E-state index contributed by atoms with van der Waals surface area (Å²) in [5, 5.41) is 9.20. The lowest BCUT2D eigenvalue weighted by molar-refractivity contribution is -0.156. The van der Waals surface area contributed by atoms with E-state index in [1.807, 2.05) is 0 Å². The summed E-state index contributed by atoms with van der Waals surface area (Å²) in [5.41, 5.74) is -1.14. The molecule has 0 radical (unpaired) electrons. The molecule has 0 spiro atoms. The molecule has 0 aliphatic heterocycles. The number of hydrogen-bond donors (Lipinski definition) is 1. The topological polar surface area (TPSA) is 83.9 Å². The minimum absolute atomic E-state index is 0.145. The highest BCUT2D eigenvalue weighted by molar-refractivity contribution is 5.87. The van der Waals surface area contributed by atoms with E-state index in [1.165, 1.54) is 26.0 Å². The van der Waals surface area contributed by atoms with Gasteiger partial charge in [0, 0.05) is 13.5 Å². The molecule has 0 heterocycles. The van der Waals surface area contributed by atoms with Gasteiger partial charge in [-0.25, -0.2) is 0 Å². The van der Waals surface area contributed by atoms with Gasteiger partial charge in [-0.3, -0.25) is 14.4 Å². The van der Waals surface area contributed by atoms with Crippen LogP contribution in [0.3, 0.4) is 0 Å². The molecule has 6 nitrogen and oxygen atoms in total. The number of carboxylic acids is 1. The Kier molecular flexibility index (Phi) is 5.81. The molecule has 0 saturated carbocycles. The molecule has 18 heavy (non-hydrogen) atoms. The van der Waals surface area contributed by atoms with E-state index in [2.05, 4.69) is 4.74 Å². The lowest BCUT2D eigenvalue weighted by atomic mass is 9.76. The normalized spacial score (nSPS) is 13.9. The number of ether oxygens (including phenoxy) is 1. The molecule has 0 aromatic carbocycles. The Morgan fingerprint density at radius 3 is 2.17 bits per heavy atom. The molecular formula is C12H21NO5. The van der Waals surface area contributed by atoms with Gasteiger partial charge in [-0.2, -0.15) is 0 Å². The molecule has 0 saturated heterocycles. The van der Waals surface area contributed by atoms with Crippen LogP contribution in [0.15, 0.2) is 0 Å². The van der Waals surface area contributed by atoms with E-state index in [4.69, 9.17) is 0 Å². The zero-order valence-corrected chi connectivity index (χ0v) is 11.5. The van der Waals surface area contributed by atoms with E-state index in [1.54, 1.807) is 13.8 Å². The average molecular weight is 259 g/mol. The predicted octanol–water partition coefficient (Wildman–Crippen LogP) is 0.755. The first kappa shape index (κ1) is 16.4. The maximum Gasteiger partial charge on any atom is 0.325 e. The Labute approximate surface area is 107 Å². The van der Waals surface area contributed by atoms with Crippen LogP contribution < -0.4 is 0 Å². The summed E-state index contributed by atoms with van der Waals surface area (Å²) in [4.78, 5) is 35.3. The minimum atomic E-state index is -1.14. The quantitative estimate of drug-likeness (QED) is 0.712. The van der Waals surface area contributed by atoms with Crippen LogP contribution in [0.25, 0.3) is 0 Å². The monoisotopic (exact) mass is 259 g/mol. The van der Waals surface area contributed by atoms with E-state index in [0.717, 1.165) is 0 Å². The van der Waals surface area contributed by atoms with Gasteiger partial charge in [0.2, 0.25) is 5.91 Å². The molecule has 0 bridgehead atoms. The molecule has 1 N–H and O–H groups in total. The third-order valence-corrected chi connectivity index (χ3v) is 3.30. The number of carbonyl (C=O) groups is 3. The lowest BCUT2D eigenvalue weighted by Gasteiger charge is -2.30. The highest BCUT2D eigenvalue weighted by Gasteiger charge is 2.39. The molecule has 0 aliphatic rings. The molecule has 0 rings (SSSR count). The van der Waals surface area contributed by atoms with Gasteiger partial charge in [-0.1, -0.05) is 13.8 Å². The number of aliphatic carboxylic acids is 1. The highest BCUT2D eigenvalue weighted by Crippen LogP contribution is 2.31. The number of esters is 1. The van der Waals surface area contributed by atoms with Crippen LogP contribution in [0.5, 0.6) is 0 Å². The van der Waals surface area contributed by atoms with E-state index in [-0.39, 0.29) is 24.8 Å². The van der Waals surface area contributed by atoms with Gasteiger partial charge in [-0.15, -0.1) is 0 Å². The number of carboxylic acid groups (broad SMARTS) is 1. The zero-order valence-electron chi connectivity index (χ0n) is 11.5. The molecule has 1 unspecified atom stereocenters. The molecule has 0 fully saturated rings. The second kappa shape index (κ2) is 6.37. The van der Waals surface area contributed by atoms with Crippen molar-refractivity contribution in [3.05, 3.63) is 0 Å². The van der Waals surface area contributed by atoms with E-state index >= 15 is 0 Å². The van der Waals surface area contributed by atoms with Crippen molar-refractivity contribution < 1.29 is 24.2 Å². The smallest absolute Gasteiger partial charge is 0.325 e. The Morgan fingerprint density at radius 1 is 1.33 bits per heavy atom. The van der Waals surface area contributed by atoms with Crippen molar-refractivity contribution in [2.75, 3.05) is 20.7 Å². The maximum atomic E-state index is 11.9. The average Bonchev–Trinajstić information content (AvgIpc) is 2.27. The fraction of sp³-hybridized carbons (Fsp3) is 0.750. The Morgan fingerprint density at radius 2 is 1.83 bits per heavy atom. The second-order valence-corrected chi connectivity index (χ2v) is 4.88. The second-order valence-electron chi connectivity index (χ2n) is 4.88. The highest BCUT2D eigenvalue weighted by atomic mass is 16.5. The molecule has 0 aliphatic carbocycles. The first-order chi connectivity index (χ1) is 8.15. The van der Waals surface area contributed by atoms with Crippen LogP contribution in [0.1, 0.15) is 27.2 Å². The Bertz CT molecular complexity index is 339. The van der Waals surface area contributed by atoms with Crippen LogP contribution in [0.4, 0.5) is 0 Å². The number of nitrogens with zero attached hydrogens (tertiary/aromatic N) is 1. The fourth-order valence-corrected chi connectivity index (χ4v) is 1.32. The molecule has 1 atom stereocenters. The van der Waals surface area contributed by atoms with Crippen molar-refractivity contribution in [1.82, 2.24) is 4.90 Å². The number of amides is 1. The third kappa shape index (κ3) is 4.01. The molecular weight excluding hydrogens is 238 g/mol. The van der Waals surface area contributed by atoms with Gasteiger partial charge in [0.15, 0.2) is 0 Å². The first-order valence-corrected chi connectivity index (χ1v) is 5.69. The van der Waals surface area contributed by atoms with Gasteiger partial charge in [0.25, 0.3) is 0 Å². The molecule has 6 heteroatoms. The summed E-state index contributed by atoms with van der Waals surface area (Å²) in [6.07, 6.45) is -0.145. The number of hydrogen-bond acceptors (Lipinski definition) is 4. The summed E-state index contributed by atoms with van der Waals surface area (Å²) >= 11 is 0. The maximum absolute atomic E-state index is 11.9. The van der Waals surface area contributed by atoms with Crippen LogP contribution in [0.2, 0.25) is 0 Å². The Hall–Kier alpha value is -1.59. The summed E-state index contributed by atoms with van der Waals surface area (Å²) in [5.74, 6) is -2.13. The molecule has 104 valence electrons. The summed E-state index contributed by atoms with van der Waals surface area (Å²) in [6.45, 7) is 4.86. The van der Waals surface area contributed by atoms with Crippen molar-refractivity contribution in [2.24, 2.45) is 11.3 Å². The zero-order chi connectivity index (χ0) is 14.5. The molecule has 1 amide bonds. The summed E-state index contributed by atoms with van der Waals surface area (Å²) in [7, 11) is 2.68. The number of rotatable bonds is 6. The molecule has 0 aromatic rings. The van der Waals surface area contributed by atoms with Crippen molar-refractivity contribution in [3.8, 4) is 0 Å². The van der Waals surface area contributed by atoms with Crippen LogP contribution in [-0.4, -0.2) is 48.6 Å². The van der Waals surface area contributed by atoms with Crippen LogP contribution >= 0.6 is 0 Å². The Balaban J connectivity index is 4.72. The lowest BCUT2D eigenvalue weighted by Crippen LogP contribution is -2.41. The first-order valence-electron chi connectivity index (χ1n) is 5.69. The minimum Gasteiger partial charge on any atom is -0.481 e. The van der Waals surface area contributed by atoms with E-state index < -0.39 is 17.4 Å². The van der Waals surface area contributed by atoms with Gasteiger partial charge in [0.05, 0.1) is 12.5 Å². The van der Waals surface area contributed by atoms with Crippen LogP contribution in [-0.2, 0) is 19.1 Å². The standard InChI is InChI=1S/C12H21NO5/c1-8(2)12(3,11(16)17)6-9(14)13(4)7-10(15)18-5/h8H,6-7H2,1-5H3,(H,16,17). The third-order valence-electron chi connectivity index (χ3n) is 3.30. The van der Waals surface area contributed by atoms with Gasteiger partial charge in [0.1, 0.15) is 6.54 Å². The van der Waals surface area contributed by atoms with Gasteiger partial charge >= 0.3 is 11.9 Å². The van der Waals surface area contributed by atoms with Gasteiger partial charge in [-0.05, 0) is 12.8 Å². The van der Waals surface area contributed by atoms with Crippen molar-refractivity contribution in [2.45, 2.75) is 27.2 Å². The number of carbonyl (C=O) groups excluding carboxylic acids is 2. The van der Waals surface area contributed by atoms with Crippen molar-refractivity contribution in [3.63, 3.8) is 0 Å². The van der Waals surface area contributed by atoms with Gasteiger partial charge < -0.3 is 14.7 Å². The summed E-state index contributed by atoms with van der Waals surface area (Å²) < 4.78 is 4.45. The predicted molar refractivity (Wildman–Crippen MR) is 64.9 cm³/mol. The largest absolute Gasteiger partial charge is 0.481 e. The SMILES string of the molecule is COC(=O)CN(C)C(=O)CC(C)(C(=O)O)C(C)C. The van der Waals surface area contributed by atoms with Crippen molar-refractivity contribution in [1.29, 1.82) is 0 Å². The summed E-state index contributed by atoms with van der Waals surface area (Å²) in [6, 6.07) is 0. The van der Waals surface area contributed by atoms with E-state index in [0.29, 0.717) is 0 Å².